The molecule has 0 radical (unpaired) electrons. The first-order chi connectivity index (χ1) is 21.1. The Balaban J connectivity index is 1.43. The molecular formula is C29H35N7O8. The molecule has 0 unspecified atom stereocenters. The van der Waals surface area contributed by atoms with Gasteiger partial charge in [-0.15, -0.1) is 0 Å². The third-order valence-electron chi connectivity index (χ3n) is 7.10. The van der Waals surface area contributed by atoms with E-state index in [4.69, 9.17) is 14.2 Å². The molecule has 3 amide bonds. The first kappa shape index (κ1) is 31.7. The Morgan fingerprint density at radius 3 is 2.59 bits per heavy atom. The number of allylic oxidation sites excluding steroid dienone is 1. The molecule has 2 aliphatic rings. The number of amides is 3. The van der Waals surface area contributed by atoms with Gasteiger partial charge in [0.05, 0.1) is 36.5 Å². The molecule has 234 valence electrons. The lowest BCUT2D eigenvalue weighted by Crippen LogP contribution is -2.45. The van der Waals surface area contributed by atoms with Gasteiger partial charge in [0.15, 0.2) is 18.1 Å². The summed E-state index contributed by atoms with van der Waals surface area (Å²) in [5, 5.41) is 20.7. The third-order valence-corrected chi connectivity index (χ3v) is 7.10. The lowest BCUT2D eigenvalue weighted by Gasteiger charge is -2.34. The van der Waals surface area contributed by atoms with Gasteiger partial charge in [-0.2, -0.15) is 5.10 Å². The third kappa shape index (κ3) is 7.60. The molecule has 2 aromatic rings. The van der Waals surface area contributed by atoms with E-state index in [1.165, 1.54) is 25.5 Å². The summed E-state index contributed by atoms with van der Waals surface area (Å²) in [6.07, 6.45) is 1.37. The van der Waals surface area contributed by atoms with Crippen LogP contribution in [0.3, 0.4) is 0 Å². The minimum atomic E-state index is -0.798. The number of nitro groups is 1. The molecule has 2 aromatic carbocycles. The van der Waals surface area contributed by atoms with E-state index in [-0.39, 0.29) is 29.4 Å². The van der Waals surface area contributed by atoms with Crippen molar-refractivity contribution in [2.45, 2.75) is 19.9 Å². The highest BCUT2D eigenvalue weighted by Gasteiger charge is 2.32. The molecule has 1 saturated heterocycles. The Morgan fingerprint density at radius 2 is 1.91 bits per heavy atom. The molecule has 0 spiro atoms. The zero-order chi connectivity index (χ0) is 31.8. The van der Waals surface area contributed by atoms with Gasteiger partial charge >= 0.3 is 12.0 Å². The van der Waals surface area contributed by atoms with Crippen LogP contribution in [-0.2, 0) is 14.3 Å². The van der Waals surface area contributed by atoms with Gasteiger partial charge in [0.1, 0.15) is 0 Å². The number of hydrazone groups is 1. The van der Waals surface area contributed by atoms with E-state index in [1.807, 2.05) is 7.05 Å². The van der Waals surface area contributed by atoms with Gasteiger partial charge in [0.25, 0.3) is 11.6 Å². The van der Waals surface area contributed by atoms with Crippen molar-refractivity contribution in [1.82, 2.24) is 21.0 Å². The maximum Gasteiger partial charge on any atom is 0.338 e. The number of likely N-dealkylation sites (N-methyl/N-ethyl adjacent to an activating group) is 1. The number of nitrogens with zero attached hydrogens (tertiary/aromatic N) is 4. The van der Waals surface area contributed by atoms with Crippen LogP contribution in [-0.4, -0.2) is 87.5 Å². The molecule has 2 heterocycles. The van der Waals surface area contributed by atoms with Gasteiger partial charge < -0.3 is 34.6 Å². The van der Waals surface area contributed by atoms with Crippen LogP contribution in [0.5, 0.6) is 11.5 Å². The highest BCUT2D eigenvalue weighted by atomic mass is 16.6. The average Bonchev–Trinajstić information content (AvgIpc) is 3.00. The number of carbonyl (C=O) groups excluding carboxylic acids is 3. The summed E-state index contributed by atoms with van der Waals surface area (Å²) in [4.78, 5) is 52.5. The van der Waals surface area contributed by atoms with Gasteiger partial charge in [-0.1, -0.05) is 6.07 Å². The van der Waals surface area contributed by atoms with Gasteiger partial charge in [-0.3, -0.25) is 14.9 Å². The van der Waals surface area contributed by atoms with Crippen molar-refractivity contribution >= 4 is 35.5 Å². The normalized spacial score (nSPS) is 17.1. The molecule has 15 heteroatoms. The number of esters is 1. The highest BCUT2D eigenvalue weighted by molar-refractivity contribution is 5.95. The second-order valence-corrected chi connectivity index (χ2v) is 10.1. The summed E-state index contributed by atoms with van der Waals surface area (Å²) >= 11 is 0. The van der Waals surface area contributed by atoms with Crippen LogP contribution >= 0.6 is 0 Å². The minimum absolute atomic E-state index is 0.0846. The molecule has 1 atom stereocenters. The number of nitro benzene ring substituents is 1. The molecule has 0 bridgehead atoms. The second-order valence-electron chi connectivity index (χ2n) is 10.1. The van der Waals surface area contributed by atoms with Crippen LogP contribution in [0.4, 0.5) is 16.2 Å². The van der Waals surface area contributed by atoms with E-state index in [0.717, 1.165) is 31.9 Å². The Morgan fingerprint density at radius 1 is 1.16 bits per heavy atom. The quantitative estimate of drug-likeness (QED) is 0.148. The number of benzene rings is 2. The van der Waals surface area contributed by atoms with E-state index in [0.29, 0.717) is 16.8 Å². The zero-order valence-electron chi connectivity index (χ0n) is 24.9. The predicted molar refractivity (Wildman–Crippen MR) is 161 cm³/mol. The highest BCUT2D eigenvalue weighted by Crippen LogP contribution is 2.34. The van der Waals surface area contributed by atoms with Crippen molar-refractivity contribution in [3.63, 3.8) is 0 Å². The Kier molecular flexibility index (Phi) is 10.3. The molecular weight excluding hydrogens is 574 g/mol. The first-order valence-electron chi connectivity index (χ1n) is 13.9. The monoisotopic (exact) mass is 609 g/mol. The number of hydrogen-bond acceptors (Lipinski definition) is 11. The van der Waals surface area contributed by atoms with E-state index < -0.39 is 35.5 Å². The number of hydrogen-bond donors (Lipinski definition) is 3. The van der Waals surface area contributed by atoms with Crippen molar-refractivity contribution < 1.29 is 33.5 Å². The van der Waals surface area contributed by atoms with Crippen LogP contribution < -0.4 is 30.4 Å². The van der Waals surface area contributed by atoms with E-state index in [9.17, 15) is 24.5 Å². The van der Waals surface area contributed by atoms with Crippen LogP contribution in [0, 0.1) is 10.1 Å². The van der Waals surface area contributed by atoms with Crippen molar-refractivity contribution in [2.24, 2.45) is 5.10 Å². The summed E-state index contributed by atoms with van der Waals surface area (Å²) in [6.45, 7) is 6.25. The lowest BCUT2D eigenvalue weighted by atomic mass is 9.95. The van der Waals surface area contributed by atoms with E-state index >= 15 is 0 Å². The maximum absolute atomic E-state index is 12.6. The zero-order valence-corrected chi connectivity index (χ0v) is 24.9. The predicted octanol–water partition coefficient (Wildman–Crippen LogP) is 2.08. The number of methoxy groups -OCH3 is 1. The molecule has 0 aromatic heterocycles. The van der Waals surface area contributed by atoms with Crippen LogP contribution in [0.1, 0.15) is 31.0 Å². The van der Waals surface area contributed by atoms with Gasteiger partial charge in [-0.05, 0) is 44.7 Å². The molecule has 1 fully saturated rings. The fourth-order valence-corrected chi connectivity index (χ4v) is 4.85. The van der Waals surface area contributed by atoms with Crippen molar-refractivity contribution in [3.8, 4) is 11.5 Å². The number of piperazine rings is 1. The number of anilines is 1. The van der Waals surface area contributed by atoms with E-state index in [2.05, 4.69) is 31.0 Å². The maximum atomic E-state index is 12.6. The number of nitrogens with one attached hydrogen (secondary N) is 3. The van der Waals surface area contributed by atoms with Crippen molar-refractivity contribution in [2.75, 3.05) is 58.5 Å². The fourth-order valence-electron chi connectivity index (χ4n) is 4.85. The van der Waals surface area contributed by atoms with E-state index in [1.54, 1.807) is 38.1 Å². The van der Waals surface area contributed by atoms with Gasteiger partial charge in [-0.25, -0.2) is 15.0 Å². The number of non-ortho nitro benzene ring substituents is 1. The first-order valence-corrected chi connectivity index (χ1v) is 13.9. The molecule has 2 aliphatic heterocycles. The smallest absolute Gasteiger partial charge is 0.338 e. The molecule has 0 aliphatic carbocycles. The molecule has 3 N–H and O–H groups in total. The number of urea groups is 1. The number of carbonyl (C=O) groups is 3. The second kappa shape index (κ2) is 14.3. The summed E-state index contributed by atoms with van der Waals surface area (Å²) in [5.74, 6) is -0.640. The number of rotatable bonds is 11. The Hall–Kier alpha value is -5.18. The molecule has 15 nitrogen and oxygen atoms in total. The standard InChI is InChI=1S/C29H35N7O8/c1-5-43-28(38)26-18(2)31-29(39)32-27(26)19-6-9-23(24(15-19)42-4)44-17-25(37)33-30-16-20-14-21(36(40)41)7-8-22(20)35-12-10-34(3)11-13-35/h6-9,14-16,27H,5,10-13,17H2,1-4H3,(H,33,37)(H2,31,32,39)/b30-16-/t27-/m0/s1. The van der Waals surface area contributed by atoms with Crippen LogP contribution in [0.15, 0.2) is 52.8 Å². The summed E-state index contributed by atoms with van der Waals surface area (Å²) in [7, 11) is 3.45. The van der Waals surface area contributed by atoms with Gasteiger partial charge in [0, 0.05) is 55.3 Å². The number of ether oxygens (including phenoxy) is 3. The molecule has 0 saturated carbocycles. The summed E-state index contributed by atoms with van der Waals surface area (Å²) in [5.41, 5.74) is 4.73. The van der Waals surface area contributed by atoms with Crippen molar-refractivity contribution in [1.29, 1.82) is 0 Å². The largest absolute Gasteiger partial charge is 0.493 e. The Labute approximate surface area is 254 Å². The minimum Gasteiger partial charge on any atom is -0.493 e. The molecule has 4 rings (SSSR count). The van der Waals surface area contributed by atoms with Crippen LogP contribution in [0.2, 0.25) is 0 Å². The lowest BCUT2D eigenvalue weighted by molar-refractivity contribution is -0.384. The topological polar surface area (TPSA) is 177 Å². The average molecular weight is 610 g/mol. The van der Waals surface area contributed by atoms with Gasteiger partial charge in [0.2, 0.25) is 0 Å². The summed E-state index contributed by atoms with van der Waals surface area (Å²) in [6, 6.07) is 8.07. The van der Waals surface area contributed by atoms with Crippen LogP contribution in [0.25, 0.3) is 0 Å². The summed E-state index contributed by atoms with van der Waals surface area (Å²) < 4.78 is 16.3. The SMILES string of the molecule is CCOC(=O)C1=C(C)NC(=O)N[C@H]1c1ccc(OCC(=O)N/N=C\c2cc([N+](=O)[O-])ccc2N2CCN(C)CC2)c(OC)c1. The fraction of sp³-hybridized carbons (Fsp3) is 0.379. The van der Waals surface area contributed by atoms with Crippen molar-refractivity contribution in [3.05, 3.63) is 68.9 Å². The molecule has 44 heavy (non-hydrogen) atoms. The Bertz CT molecular complexity index is 1480.